The van der Waals surface area contributed by atoms with Crippen molar-refractivity contribution in [3.63, 3.8) is 0 Å². The first-order chi connectivity index (χ1) is 11.8. The number of rotatable bonds is 2. The zero-order valence-electron chi connectivity index (χ0n) is 12.4. The number of hydrogen-bond donors (Lipinski definition) is 0. The van der Waals surface area contributed by atoms with Crippen molar-refractivity contribution in [2.45, 2.75) is 12.4 Å². The summed E-state index contributed by atoms with van der Waals surface area (Å²) in [7, 11) is 0.659. The molecule has 0 radical (unpaired) electrons. The minimum Gasteiger partial charge on any atom is -0.491 e. The van der Waals surface area contributed by atoms with Gasteiger partial charge >= 0.3 is 12.4 Å². The second-order valence-electron chi connectivity index (χ2n) is 4.96. The average molecular weight is 392 g/mol. The van der Waals surface area contributed by atoms with Crippen LogP contribution in [-0.2, 0) is 12.4 Å². The molecule has 1 nitrogen and oxygen atoms in total. The van der Waals surface area contributed by atoms with Crippen LogP contribution in [0.4, 0.5) is 43.9 Å². The molecule has 0 aliphatic heterocycles. The molecule has 0 unspecified atom stereocenters. The van der Waals surface area contributed by atoms with Gasteiger partial charge in [0.15, 0.2) is 17.4 Å². The van der Waals surface area contributed by atoms with Gasteiger partial charge in [0, 0.05) is 0 Å². The van der Waals surface area contributed by atoms with Gasteiger partial charge in [-0.15, -0.1) is 0 Å². The summed E-state index contributed by atoms with van der Waals surface area (Å²) in [6, 6.07) is -0.403. The summed E-state index contributed by atoms with van der Waals surface area (Å²) in [6.45, 7) is 0. The molecule has 0 heterocycles. The SMILES string of the molecule is COc1c(F)c(F)c(-c2cc(C(F)(F)F)cc(C(F)(F)F)c2)c(F)c1F. The fourth-order valence-corrected chi connectivity index (χ4v) is 2.14. The average Bonchev–Trinajstić information content (AvgIpc) is 2.52. The molecule has 2 rings (SSSR count). The lowest BCUT2D eigenvalue weighted by Crippen LogP contribution is -2.12. The molecule has 0 spiro atoms. The molecule has 2 aromatic carbocycles. The van der Waals surface area contributed by atoms with Crippen molar-refractivity contribution in [2.24, 2.45) is 0 Å². The molecule has 0 amide bonds. The quantitative estimate of drug-likeness (QED) is 0.453. The largest absolute Gasteiger partial charge is 0.491 e. The Balaban J connectivity index is 2.89. The van der Waals surface area contributed by atoms with Gasteiger partial charge in [-0.05, 0) is 23.8 Å². The Morgan fingerprint density at radius 3 is 1.35 bits per heavy atom. The molecule has 142 valence electrons. The molecule has 2 aromatic rings. The second-order valence-corrected chi connectivity index (χ2v) is 4.96. The van der Waals surface area contributed by atoms with Crippen molar-refractivity contribution >= 4 is 0 Å². The molecular weight excluding hydrogens is 386 g/mol. The van der Waals surface area contributed by atoms with Crippen molar-refractivity contribution in [2.75, 3.05) is 7.11 Å². The van der Waals surface area contributed by atoms with Gasteiger partial charge in [0.2, 0.25) is 11.6 Å². The zero-order chi connectivity index (χ0) is 20.0. The third kappa shape index (κ3) is 3.42. The highest BCUT2D eigenvalue weighted by Gasteiger charge is 2.38. The van der Waals surface area contributed by atoms with Gasteiger partial charge in [-0.3, -0.25) is 0 Å². The minimum atomic E-state index is -5.31. The number of halogens is 10. The maximum Gasteiger partial charge on any atom is 0.416 e. The first kappa shape index (κ1) is 19.9. The Morgan fingerprint density at radius 1 is 0.654 bits per heavy atom. The number of methoxy groups -OCH3 is 1. The van der Waals surface area contributed by atoms with E-state index in [0.29, 0.717) is 7.11 Å². The Hall–Kier alpha value is -2.46. The van der Waals surface area contributed by atoms with Gasteiger partial charge in [-0.2, -0.15) is 35.1 Å². The van der Waals surface area contributed by atoms with Crippen molar-refractivity contribution in [1.82, 2.24) is 0 Å². The number of benzene rings is 2. The third-order valence-electron chi connectivity index (χ3n) is 3.30. The first-order valence-corrected chi connectivity index (χ1v) is 6.48. The van der Waals surface area contributed by atoms with Gasteiger partial charge in [-0.25, -0.2) is 8.78 Å². The molecule has 0 aliphatic carbocycles. The highest BCUT2D eigenvalue weighted by Crippen LogP contribution is 2.41. The monoisotopic (exact) mass is 392 g/mol. The molecule has 0 fully saturated rings. The predicted octanol–water partition coefficient (Wildman–Crippen LogP) is 5.96. The zero-order valence-corrected chi connectivity index (χ0v) is 12.4. The molecule has 0 saturated carbocycles. The molecule has 0 atom stereocenters. The fraction of sp³-hybridized carbons (Fsp3) is 0.200. The Kier molecular flexibility index (Phi) is 4.86. The lowest BCUT2D eigenvalue weighted by Gasteiger charge is -2.16. The highest BCUT2D eigenvalue weighted by atomic mass is 19.4. The Bertz CT molecular complexity index is 790. The number of alkyl halides is 6. The van der Waals surface area contributed by atoms with Crippen molar-refractivity contribution in [3.05, 3.63) is 52.6 Å². The summed E-state index contributed by atoms with van der Waals surface area (Å²) in [4.78, 5) is 0. The van der Waals surface area contributed by atoms with Gasteiger partial charge in [0.1, 0.15) is 0 Å². The van der Waals surface area contributed by atoms with Crippen molar-refractivity contribution in [1.29, 1.82) is 0 Å². The molecular formula is C15H6F10O. The van der Waals surface area contributed by atoms with E-state index >= 15 is 0 Å². The first-order valence-electron chi connectivity index (χ1n) is 6.48. The molecule has 11 heteroatoms. The van der Waals surface area contributed by atoms with Crippen LogP contribution >= 0.6 is 0 Å². The molecule has 0 bridgehead atoms. The molecule has 0 aromatic heterocycles. The van der Waals surface area contributed by atoms with E-state index in [9.17, 15) is 43.9 Å². The lowest BCUT2D eigenvalue weighted by atomic mass is 9.97. The molecule has 0 aliphatic rings. The normalized spacial score (nSPS) is 12.4. The lowest BCUT2D eigenvalue weighted by molar-refractivity contribution is -0.143. The van der Waals surface area contributed by atoms with Crippen molar-refractivity contribution < 1.29 is 48.6 Å². The smallest absolute Gasteiger partial charge is 0.416 e. The molecule has 0 saturated heterocycles. The number of hydrogen-bond acceptors (Lipinski definition) is 1. The topological polar surface area (TPSA) is 9.23 Å². The molecule has 26 heavy (non-hydrogen) atoms. The summed E-state index contributed by atoms with van der Waals surface area (Å²) in [5.74, 6) is -10.1. The van der Waals surface area contributed by atoms with Crippen LogP contribution in [0.3, 0.4) is 0 Å². The maximum absolute atomic E-state index is 14.0. The van der Waals surface area contributed by atoms with E-state index < -0.39 is 63.6 Å². The minimum absolute atomic E-state index is 0.0535. The summed E-state index contributed by atoms with van der Waals surface area (Å²) in [5, 5.41) is 0. The van der Waals surface area contributed by atoms with E-state index in [4.69, 9.17) is 0 Å². The van der Waals surface area contributed by atoms with Gasteiger partial charge in [0.05, 0.1) is 23.8 Å². The van der Waals surface area contributed by atoms with E-state index in [1.54, 1.807) is 0 Å². The Morgan fingerprint density at radius 2 is 1.04 bits per heavy atom. The number of ether oxygens (including phenoxy) is 1. The van der Waals surface area contributed by atoms with Gasteiger partial charge in [-0.1, -0.05) is 0 Å². The fourth-order valence-electron chi connectivity index (χ4n) is 2.14. The van der Waals surface area contributed by atoms with Crippen LogP contribution in [0.15, 0.2) is 18.2 Å². The maximum atomic E-state index is 14.0. The van der Waals surface area contributed by atoms with E-state index in [0.717, 1.165) is 0 Å². The Labute approximate surface area is 138 Å². The van der Waals surface area contributed by atoms with Crippen LogP contribution in [0.1, 0.15) is 11.1 Å². The predicted molar refractivity (Wildman–Crippen MR) is 68.3 cm³/mol. The van der Waals surface area contributed by atoms with Crippen LogP contribution in [0.5, 0.6) is 5.75 Å². The van der Waals surface area contributed by atoms with Crippen LogP contribution in [0, 0.1) is 23.3 Å². The highest BCUT2D eigenvalue weighted by molar-refractivity contribution is 5.68. The van der Waals surface area contributed by atoms with Crippen molar-refractivity contribution in [3.8, 4) is 16.9 Å². The van der Waals surface area contributed by atoms with Crippen LogP contribution in [-0.4, -0.2) is 7.11 Å². The van der Waals surface area contributed by atoms with E-state index in [2.05, 4.69) is 4.74 Å². The molecule has 0 N–H and O–H groups in total. The third-order valence-corrected chi connectivity index (χ3v) is 3.30. The van der Waals surface area contributed by atoms with E-state index in [1.807, 2.05) is 0 Å². The van der Waals surface area contributed by atoms with E-state index in [-0.39, 0.29) is 18.2 Å². The summed E-state index contributed by atoms with van der Waals surface area (Å²) in [6.07, 6.45) is -10.6. The summed E-state index contributed by atoms with van der Waals surface area (Å²) >= 11 is 0. The van der Waals surface area contributed by atoms with E-state index in [1.165, 1.54) is 0 Å². The van der Waals surface area contributed by atoms with Gasteiger partial charge in [0.25, 0.3) is 0 Å². The van der Waals surface area contributed by atoms with Gasteiger partial charge < -0.3 is 4.74 Å². The second kappa shape index (κ2) is 6.36. The van der Waals surface area contributed by atoms with Crippen LogP contribution in [0.2, 0.25) is 0 Å². The summed E-state index contributed by atoms with van der Waals surface area (Å²) < 4.78 is 136. The standard InChI is InChI=1S/C15H6F10O/c1-26-13-11(18)9(16)8(10(17)12(13)19)5-2-6(14(20,21)22)4-7(3-5)15(23,24)25/h2-4H,1H3. The van der Waals surface area contributed by atoms with Crippen LogP contribution < -0.4 is 4.74 Å². The van der Waals surface area contributed by atoms with Crippen LogP contribution in [0.25, 0.3) is 11.1 Å². The summed E-state index contributed by atoms with van der Waals surface area (Å²) in [5.41, 5.74) is -6.88.